The van der Waals surface area contributed by atoms with Crippen LogP contribution in [0.15, 0.2) is 12.4 Å². The average Bonchev–Trinajstić information content (AvgIpc) is 2.59. The predicted molar refractivity (Wildman–Crippen MR) is 67.2 cm³/mol. The second-order valence-corrected chi connectivity index (χ2v) is 3.79. The van der Waals surface area contributed by atoms with Crippen molar-refractivity contribution in [3.05, 3.63) is 23.8 Å². The van der Waals surface area contributed by atoms with Crippen LogP contribution in [0.25, 0.3) is 5.82 Å². The number of rotatable bonds is 3. The number of nitrogens with zero attached hydrogens (tertiary/aromatic N) is 4. The Labute approximate surface area is 99.9 Å². The molecule has 6 heteroatoms. The van der Waals surface area contributed by atoms with Crippen LogP contribution in [-0.4, -0.2) is 26.1 Å². The van der Waals surface area contributed by atoms with Gasteiger partial charge in [0.1, 0.15) is 18.0 Å². The maximum absolute atomic E-state index is 5.69. The Kier molecular flexibility index (Phi) is 2.95. The van der Waals surface area contributed by atoms with Crippen LogP contribution in [0.5, 0.6) is 0 Å². The lowest BCUT2D eigenvalue weighted by molar-refractivity contribution is 0.939. The van der Waals surface area contributed by atoms with E-state index in [9.17, 15) is 0 Å². The van der Waals surface area contributed by atoms with Crippen molar-refractivity contribution in [3.8, 4) is 5.82 Å². The summed E-state index contributed by atoms with van der Waals surface area (Å²) < 4.78 is 1.90. The molecule has 0 aliphatic carbocycles. The van der Waals surface area contributed by atoms with Gasteiger partial charge in [0.15, 0.2) is 0 Å². The number of nitrogens with one attached hydrogen (secondary N) is 1. The zero-order valence-corrected chi connectivity index (χ0v) is 10.2. The fourth-order valence-corrected chi connectivity index (χ4v) is 1.58. The molecule has 0 saturated heterocycles. The number of imidazole rings is 1. The summed E-state index contributed by atoms with van der Waals surface area (Å²) in [7, 11) is 0. The monoisotopic (exact) mass is 232 g/mol. The number of nitrogens with two attached hydrogens (primary N) is 1. The van der Waals surface area contributed by atoms with Gasteiger partial charge in [0.05, 0.1) is 5.69 Å². The summed E-state index contributed by atoms with van der Waals surface area (Å²) in [5, 5.41) is 3.12. The highest BCUT2D eigenvalue weighted by molar-refractivity contribution is 5.46. The molecule has 2 aromatic heterocycles. The second kappa shape index (κ2) is 4.40. The fourth-order valence-electron chi connectivity index (χ4n) is 1.58. The summed E-state index contributed by atoms with van der Waals surface area (Å²) >= 11 is 0. The van der Waals surface area contributed by atoms with Gasteiger partial charge in [-0.3, -0.25) is 4.57 Å². The van der Waals surface area contributed by atoms with Crippen molar-refractivity contribution in [3.63, 3.8) is 0 Å². The first kappa shape index (κ1) is 11.4. The van der Waals surface area contributed by atoms with Gasteiger partial charge in [-0.2, -0.15) is 9.97 Å². The molecule has 2 rings (SSSR count). The van der Waals surface area contributed by atoms with E-state index in [1.807, 2.05) is 31.4 Å². The molecule has 0 atom stereocenters. The van der Waals surface area contributed by atoms with E-state index in [0.29, 0.717) is 0 Å². The smallest absolute Gasteiger partial charge is 0.223 e. The minimum atomic E-state index is 0.254. The highest BCUT2D eigenvalue weighted by atomic mass is 15.2. The van der Waals surface area contributed by atoms with E-state index in [4.69, 9.17) is 5.73 Å². The van der Waals surface area contributed by atoms with Crippen LogP contribution in [0, 0.1) is 13.8 Å². The third-order valence-corrected chi connectivity index (χ3v) is 2.59. The van der Waals surface area contributed by atoms with Gasteiger partial charge >= 0.3 is 0 Å². The van der Waals surface area contributed by atoms with Crippen molar-refractivity contribution >= 4 is 11.8 Å². The highest BCUT2D eigenvalue weighted by Gasteiger charge is 2.08. The summed E-state index contributed by atoms with van der Waals surface area (Å²) in [4.78, 5) is 12.6. The molecule has 0 bridgehead atoms. The lowest BCUT2D eigenvalue weighted by Gasteiger charge is -2.08. The molecule has 0 amide bonds. The largest absolute Gasteiger partial charge is 0.370 e. The number of aromatic nitrogens is 4. The van der Waals surface area contributed by atoms with E-state index < -0.39 is 0 Å². The SMILES string of the molecule is CCNc1cc(-n2cnc(C)c2C)nc(N)n1. The zero-order valence-electron chi connectivity index (χ0n) is 10.2. The van der Waals surface area contributed by atoms with E-state index in [1.54, 1.807) is 6.33 Å². The normalized spacial score (nSPS) is 10.5. The van der Waals surface area contributed by atoms with Crippen LogP contribution in [-0.2, 0) is 0 Å². The van der Waals surface area contributed by atoms with Crippen molar-refractivity contribution in [1.29, 1.82) is 0 Å². The fraction of sp³-hybridized carbons (Fsp3) is 0.364. The molecule has 17 heavy (non-hydrogen) atoms. The molecule has 0 fully saturated rings. The molecule has 90 valence electrons. The summed E-state index contributed by atoms with van der Waals surface area (Å²) in [5.74, 6) is 1.71. The quantitative estimate of drug-likeness (QED) is 0.833. The van der Waals surface area contributed by atoms with Crippen molar-refractivity contribution in [1.82, 2.24) is 19.5 Å². The average molecular weight is 232 g/mol. The third kappa shape index (κ3) is 2.20. The van der Waals surface area contributed by atoms with E-state index in [1.165, 1.54) is 0 Å². The third-order valence-electron chi connectivity index (χ3n) is 2.59. The second-order valence-electron chi connectivity index (χ2n) is 3.79. The molecule has 0 saturated carbocycles. The maximum atomic E-state index is 5.69. The first-order valence-electron chi connectivity index (χ1n) is 5.51. The van der Waals surface area contributed by atoms with Crippen molar-refractivity contribution < 1.29 is 0 Å². The molecule has 2 heterocycles. The number of anilines is 2. The van der Waals surface area contributed by atoms with Gasteiger partial charge in [-0.05, 0) is 20.8 Å². The van der Waals surface area contributed by atoms with Gasteiger partial charge in [0.2, 0.25) is 5.95 Å². The Hall–Kier alpha value is -2.11. The standard InChI is InChI=1S/C11H16N6/c1-4-13-9-5-10(16-11(12)15-9)17-6-14-7(2)8(17)3/h5-6H,4H2,1-3H3,(H3,12,13,15,16). The molecule has 3 N–H and O–H groups in total. The van der Waals surface area contributed by atoms with Crippen LogP contribution in [0.3, 0.4) is 0 Å². The molecular formula is C11H16N6. The molecule has 2 aromatic rings. The zero-order chi connectivity index (χ0) is 12.4. The van der Waals surface area contributed by atoms with Gasteiger partial charge in [-0.25, -0.2) is 4.98 Å². The molecule has 0 aromatic carbocycles. The van der Waals surface area contributed by atoms with Gasteiger partial charge in [-0.15, -0.1) is 0 Å². The van der Waals surface area contributed by atoms with Crippen molar-refractivity contribution in [2.45, 2.75) is 20.8 Å². The summed E-state index contributed by atoms with van der Waals surface area (Å²) in [5.41, 5.74) is 7.71. The van der Waals surface area contributed by atoms with Gasteiger partial charge in [0.25, 0.3) is 0 Å². The van der Waals surface area contributed by atoms with Gasteiger partial charge in [-0.1, -0.05) is 0 Å². The van der Waals surface area contributed by atoms with Gasteiger partial charge < -0.3 is 11.1 Å². The van der Waals surface area contributed by atoms with Gasteiger partial charge in [0, 0.05) is 18.3 Å². The molecule has 0 radical (unpaired) electrons. The van der Waals surface area contributed by atoms with Crippen LogP contribution < -0.4 is 11.1 Å². The highest BCUT2D eigenvalue weighted by Crippen LogP contribution is 2.15. The Morgan fingerprint density at radius 1 is 1.35 bits per heavy atom. The molecule has 0 unspecified atom stereocenters. The first-order chi connectivity index (χ1) is 8.11. The van der Waals surface area contributed by atoms with Crippen LogP contribution >= 0.6 is 0 Å². The van der Waals surface area contributed by atoms with E-state index >= 15 is 0 Å². The van der Waals surface area contributed by atoms with E-state index in [-0.39, 0.29) is 5.95 Å². The molecule has 0 aliphatic heterocycles. The minimum Gasteiger partial charge on any atom is -0.370 e. The van der Waals surface area contributed by atoms with E-state index in [0.717, 1.165) is 29.6 Å². The Morgan fingerprint density at radius 2 is 2.12 bits per heavy atom. The van der Waals surface area contributed by atoms with Crippen LogP contribution in [0.4, 0.5) is 11.8 Å². The summed E-state index contributed by atoms with van der Waals surface area (Å²) in [6.45, 7) is 6.75. The lowest BCUT2D eigenvalue weighted by Crippen LogP contribution is -2.07. The summed E-state index contributed by atoms with van der Waals surface area (Å²) in [6.07, 6.45) is 1.74. The Balaban J connectivity index is 2.48. The predicted octanol–water partition coefficient (Wildman–Crippen LogP) is 1.29. The lowest BCUT2D eigenvalue weighted by atomic mass is 10.4. The Bertz CT molecular complexity index is 531. The summed E-state index contributed by atoms with van der Waals surface area (Å²) in [6, 6.07) is 1.86. The molecular weight excluding hydrogens is 216 g/mol. The topological polar surface area (TPSA) is 81.7 Å². The van der Waals surface area contributed by atoms with Crippen molar-refractivity contribution in [2.24, 2.45) is 0 Å². The first-order valence-corrected chi connectivity index (χ1v) is 5.51. The van der Waals surface area contributed by atoms with E-state index in [2.05, 4.69) is 20.3 Å². The van der Waals surface area contributed by atoms with Crippen molar-refractivity contribution in [2.75, 3.05) is 17.6 Å². The number of aryl methyl sites for hydroxylation is 1. The molecule has 6 nitrogen and oxygen atoms in total. The number of hydrogen-bond donors (Lipinski definition) is 2. The van der Waals surface area contributed by atoms with Crippen LogP contribution in [0.2, 0.25) is 0 Å². The minimum absolute atomic E-state index is 0.254. The van der Waals surface area contributed by atoms with Crippen LogP contribution in [0.1, 0.15) is 18.3 Å². The molecule has 0 aliphatic rings. The molecule has 0 spiro atoms. The number of hydrogen-bond acceptors (Lipinski definition) is 5. The Morgan fingerprint density at radius 3 is 2.71 bits per heavy atom. The maximum Gasteiger partial charge on any atom is 0.223 e. The number of nitrogen functional groups attached to an aromatic ring is 1.